The maximum Gasteiger partial charge on any atom is 0.215 e. The molecule has 1 heterocycles. The molecule has 2 aromatic carbocycles. The van der Waals surface area contributed by atoms with Crippen molar-refractivity contribution >= 4 is 33.2 Å². The molecule has 0 amide bonds. The van der Waals surface area contributed by atoms with Crippen molar-refractivity contribution in [3.8, 4) is 0 Å². The molecule has 0 N–H and O–H groups in total. The zero-order valence-corrected chi connectivity index (χ0v) is 17.3. The highest BCUT2D eigenvalue weighted by Gasteiger charge is 2.16. The molecular formula is C20H26IN3. The largest absolute Gasteiger partial charge is 1.00 e. The summed E-state index contributed by atoms with van der Waals surface area (Å²) in [5, 5.41) is 2.60. The van der Waals surface area contributed by atoms with E-state index in [0.29, 0.717) is 0 Å². The molecule has 0 unspecified atom stereocenters. The topological polar surface area (TPSA) is 10.4 Å². The lowest BCUT2D eigenvalue weighted by Crippen LogP contribution is -3.00. The van der Waals surface area contributed by atoms with Gasteiger partial charge in [-0.2, -0.15) is 4.57 Å². The number of aromatic nitrogens is 1. The van der Waals surface area contributed by atoms with Gasteiger partial charge in [-0.05, 0) is 30.3 Å². The summed E-state index contributed by atoms with van der Waals surface area (Å²) in [6.45, 7) is 3.27. The molecule has 0 saturated heterocycles. The third-order valence-electron chi connectivity index (χ3n) is 4.40. The van der Waals surface area contributed by atoms with Crippen LogP contribution in [0.5, 0.6) is 0 Å². The van der Waals surface area contributed by atoms with E-state index in [4.69, 9.17) is 0 Å². The van der Waals surface area contributed by atoms with E-state index in [1.54, 1.807) is 0 Å². The summed E-state index contributed by atoms with van der Waals surface area (Å²) in [6, 6.07) is 15.7. The Morgan fingerprint density at radius 3 is 1.58 bits per heavy atom. The van der Waals surface area contributed by atoms with Crippen molar-refractivity contribution in [2.24, 2.45) is 0 Å². The Balaban J connectivity index is 0.00000208. The van der Waals surface area contributed by atoms with Crippen LogP contribution in [0.25, 0.3) is 21.8 Å². The molecule has 4 heteroatoms. The molecule has 1 aromatic heterocycles. The van der Waals surface area contributed by atoms with Gasteiger partial charge >= 0.3 is 0 Å². The zero-order valence-electron chi connectivity index (χ0n) is 15.2. The van der Waals surface area contributed by atoms with Gasteiger partial charge in [0, 0.05) is 68.9 Å². The Morgan fingerprint density at radius 1 is 0.750 bits per heavy atom. The van der Waals surface area contributed by atoms with Crippen LogP contribution in [0.3, 0.4) is 0 Å². The molecule has 0 aliphatic heterocycles. The number of nitrogens with zero attached hydrogens (tertiary/aromatic N) is 3. The molecule has 128 valence electrons. The molecule has 24 heavy (non-hydrogen) atoms. The lowest BCUT2D eigenvalue weighted by Gasteiger charge is -2.15. The Labute approximate surface area is 161 Å². The smallest absolute Gasteiger partial charge is 0.215 e. The highest BCUT2D eigenvalue weighted by atomic mass is 127. The number of fused-ring (bicyclic) bond motifs is 2. The number of hydrogen-bond donors (Lipinski definition) is 0. The van der Waals surface area contributed by atoms with E-state index in [0.717, 1.165) is 13.0 Å². The minimum absolute atomic E-state index is 0. The predicted molar refractivity (Wildman–Crippen MR) is 101 cm³/mol. The number of benzene rings is 2. The summed E-state index contributed by atoms with van der Waals surface area (Å²) >= 11 is 0. The molecule has 0 bridgehead atoms. The molecule has 0 saturated carbocycles. The fourth-order valence-corrected chi connectivity index (χ4v) is 3.09. The van der Waals surface area contributed by atoms with Gasteiger partial charge in [-0.25, -0.2) is 0 Å². The van der Waals surface area contributed by atoms with Gasteiger partial charge in [0.15, 0.2) is 0 Å². The van der Waals surface area contributed by atoms with Crippen LogP contribution < -0.4 is 38.3 Å². The van der Waals surface area contributed by atoms with Crippen molar-refractivity contribution in [1.82, 2.24) is 0 Å². The summed E-state index contributed by atoms with van der Waals surface area (Å²) in [5.41, 5.74) is 5.10. The standard InChI is InChI=1S/C20H26N3.HI/c1-6-11-23-19-13-17(21(2)3)9-7-15(19)12-16-8-10-18(22(4)5)14-20(16)23;/h7-10,12-14H,6,11H2,1-5H3;1H/q+1;/p-1. The predicted octanol–water partition coefficient (Wildman–Crippen LogP) is 0.827. The molecule has 0 fully saturated rings. The van der Waals surface area contributed by atoms with E-state index in [9.17, 15) is 0 Å². The van der Waals surface area contributed by atoms with Gasteiger partial charge in [-0.1, -0.05) is 6.92 Å². The summed E-state index contributed by atoms with van der Waals surface area (Å²) in [7, 11) is 8.38. The second kappa shape index (κ2) is 7.55. The Bertz CT molecular complexity index is 790. The highest BCUT2D eigenvalue weighted by molar-refractivity contribution is 5.91. The van der Waals surface area contributed by atoms with E-state index < -0.39 is 0 Å². The van der Waals surface area contributed by atoms with Crippen LogP contribution in [0.2, 0.25) is 0 Å². The fraction of sp³-hybridized carbons (Fsp3) is 0.350. The Kier molecular flexibility index (Phi) is 5.91. The van der Waals surface area contributed by atoms with E-state index in [2.05, 4.69) is 91.9 Å². The number of anilines is 2. The monoisotopic (exact) mass is 435 g/mol. The first-order valence-electron chi connectivity index (χ1n) is 8.26. The van der Waals surface area contributed by atoms with Gasteiger partial charge in [0.2, 0.25) is 11.0 Å². The number of hydrogen-bond acceptors (Lipinski definition) is 2. The Morgan fingerprint density at radius 2 is 1.21 bits per heavy atom. The van der Waals surface area contributed by atoms with Gasteiger partial charge < -0.3 is 33.8 Å². The van der Waals surface area contributed by atoms with Crippen molar-refractivity contribution < 1.29 is 28.5 Å². The first-order chi connectivity index (χ1) is 11.0. The van der Waals surface area contributed by atoms with Crippen molar-refractivity contribution in [3.63, 3.8) is 0 Å². The van der Waals surface area contributed by atoms with Gasteiger partial charge in [0.05, 0.1) is 0 Å². The molecule has 3 aromatic rings. The van der Waals surface area contributed by atoms with E-state index in [1.807, 2.05) is 0 Å². The first kappa shape index (κ1) is 18.8. The summed E-state index contributed by atoms with van der Waals surface area (Å²) in [5.74, 6) is 0. The summed E-state index contributed by atoms with van der Waals surface area (Å²) < 4.78 is 2.46. The van der Waals surface area contributed by atoms with Gasteiger partial charge in [-0.15, -0.1) is 0 Å². The SMILES string of the molecule is CCC[n+]1c2cc(N(C)C)ccc2cc2ccc(N(C)C)cc21.[I-]. The maximum absolute atomic E-state index is 2.46. The zero-order chi connectivity index (χ0) is 16.6. The molecule has 0 atom stereocenters. The van der Waals surface area contributed by atoms with E-state index >= 15 is 0 Å². The number of aryl methyl sites for hydroxylation is 1. The van der Waals surface area contributed by atoms with Crippen molar-refractivity contribution in [2.75, 3.05) is 38.0 Å². The van der Waals surface area contributed by atoms with Crippen molar-refractivity contribution in [3.05, 3.63) is 42.5 Å². The third kappa shape index (κ3) is 3.43. The van der Waals surface area contributed by atoms with Gasteiger partial charge in [0.1, 0.15) is 6.54 Å². The molecule has 0 spiro atoms. The lowest BCUT2D eigenvalue weighted by atomic mass is 10.1. The quantitative estimate of drug-likeness (QED) is 0.342. The second-order valence-corrected chi connectivity index (χ2v) is 6.57. The van der Waals surface area contributed by atoms with E-state index in [1.165, 1.54) is 33.2 Å². The van der Waals surface area contributed by atoms with Crippen LogP contribution in [0.1, 0.15) is 13.3 Å². The van der Waals surface area contributed by atoms with Crippen molar-refractivity contribution in [1.29, 1.82) is 0 Å². The molecule has 0 aliphatic carbocycles. The third-order valence-corrected chi connectivity index (χ3v) is 4.40. The van der Waals surface area contributed by atoms with Crippen LogP contribution >= 0.6 is 0 Å². The van der Waals surface area contributed by atoms with Crippen molar-refractivity contribution in [2.45, 2.75) is 19.9 Å². The minimum atomic E-state index is 0. The van der Waals surface area contributed by atoms with Gasteiger partial charge in [-0.3, -0.25) is 0 Å². The van der Waals surface area contributed by atoms with Crippen LogP contribution in [0, 0.1) is 0 Å². The van der Waals surface area contributed by atoms with E-state index in [-0.39, 0.29) is 24.0 Å². The van der Waals surface area contributed by atoms with Crippen LogP contribution in [-0.2, 0) is 6.54 Å². The Hall–Kier alpha value is -1.56. The molecule has 3 nitrogen and oxygen atoms in total. The average molecular weight is 435 g/mol. The number of rotatable bonds is 4. The number of halogens is 1. The molecule has 0 radical (unpaired) electrons. The van der Waals surface area contributed by atoms with Crippen LogP contribution in [0.4, 0.5) is 11.4 Å². The molecular weight excluding hydrogens is 409 g/mol. The molecule has 3 rings (SSSR count). The minimum Gasteiger partial charge on any atom is -1.00 e. The molecule has 0 aliphatic rings. The highest BCUT2D eigenvalue weighted by Crippen LogP contribution is 2.25. The second-order valence-electron chi connectivity index (χ2n) is 6.57. The maximum atomic E-state index is 2.46. The normalized spacial score (nSPS) is 10.7. The number of pyridine rings is 1. The van der Waals surface area contributed by atoms with Gasteiger partial charge in [0.25, 0.3) is 0 Å². The summed E-state index contributed by atoms with van der Waals surface area (Å²) in [6.07, 6.45) is 1.12. The van der Waals surface area contributed by atoms with Crippen LogP contribution in [0.15, 0.2) is 42.5 Å². The lowest BCUT2D eigenvalue weighted by molar-refractivity contribution is -0.645. The first-order valence-corrected chi connectivity index (χ1v) is 8.26. The average Bonchev–Trinajstić information content (AvgIpc) is 2.53. The summed E-state index contributed by atoms with van der Waals surface area (Å²) in [4.78, 5) is 4.33. The fourth-order valence-electron chi connectivity index (χ4n) is 3.09. The van der Waals surface area contributed by atoms with Crippen LogP contribution in [-0.4, -0.2) is 28.2 Å².